The SMILES string of the molecule is N/C(=N/O)c1ccc(NC(=O)c2ccncc2)c(Br)c1. The Hall–Kier alpha value is -2.41. The predicted octanol–water partition coefficient (Wildman–Crippen LogP) is 2.19. The number of pyridine rings is 1. The fraction of sp³-hybridized carbons (Fsp3) is 0. The van der Waals surface area contributed by atoms with Gasteiger partial charge in [-0.3, -0.25) is 9.78 Å². The monoisotopic (exact) mass is 334 g/mol. The van der Waals surface area contributed by atoms with Gasteiger partial charge in [0.15, 0.2) is 5.84 Å². The van der Waals surface area contributed by atoms with Gasteiger partial charge in [-0.25, -0.2) is 0 Å². The molecule has 0 saturated carbocycles. The van der Waals surface area contributed by atoms with Crippen LogP contribution in [-0.4, -0.2) is 21.9 Å². The Labute approximate surface area is 123 Å². The maximum Gasteiger partial charge on any atom is 0.255 e. The van der Waals surface area contributed by atoms with Gasteiger partial charge in [-0.1, -0.05) is 5.16 Å². The molecule has 6 nitrogen and oxygen atoms in total. The molecule has 0 saturated heterocycles. The van der Waals surface area contributed by atoms with Gasteiger partial charge >= 0.3 is 0 Å². The average molecular weight is 335 g/mol. The van der Waals surface area contributed by atoms with Crippen LogP contribution in [0, 0.1) is 0 Å². The van der Waals surface area contributed by atoms with Crippen molar-refractivity contribution in [1.82, 2.24) is 4.98 Å². The Kier molecular flexibility index (Phi) is 4.31. The third-order valence-electron chi connectivity index (χ3n) is 2.56. The molecule has 1 amide bonds. The lowest BCUT2D eigenvalue weighted by molar-refractivity contribution is 0.102. The third-order valence-corrected chi connectivity index (χ3v) is 3.22. The van der Waals surface area contributed by atoms with Gasteiger partial charge in [0.1, 0.15) is 0 Å². The number of nitrogens with zero attached hydrogens (tertiary/aromatic N) is 2. The third kappa shape index (κ3) is 3.12. The molecule has 0 unspecified atom stereocenters. The van der Waals surface area contributed by atoms with Crippen LogP contribution in [0.15, 0.2) is 52.4 Å². The summed E-state index contributed by atoms with van der Waals surface area (Å²) in [5.41, 5.74) is 7.12. The van der Waals surface area contributed by atoms with Crippen molar-refractivity contribution < 1.29 is 10.0 Å². The highest BCUT2D eigenvalue weighted by atomic mass is 79.9. The molecule has 0 aliphatic rings. The van der Waals surface area contributed by atoms with Crippen LogP contribution in [0.1, 0.15) is 15.9 Å². The molecule has 0 bridgehead atoms. The highest BCUT2D eigenvalue weighted by Gasteiger charge is 2.09. The topological polar surface area (TPSA) is 101 Å². The average Bonchev–Trinajstić information content (AvgIpc) is 2.49. The maximum atomic E-state index is 12.0. The van der Waals surface area contributed by atoms with Crippen LogP contribution in [-0.2, 0) is 0 Å². The predicted molar refractivity (Wildman–Crippen MR) is 78.8 cm³/mol. The number of hydrogen-bond acceptors (Lipinski definition) is 4. The molecule has 1 aromatic carbocycles. The lowest BCUT2D eigenvalue weighted by atomic mass is 10.2. The van der Waals surface area contributed by atoms with Gasteiger partial charge in [-0.15, -0.1) is 0 Å². The number of aromatic nitrogens is 1. The van der Waals surface area contributed by atoms with Gasteiger partial charge in [0, 0.05) is 28.0 Å². The van der Waals surface area contributed by atoms with Crippen molar-refractivity contribution in [2.24, 2.45) is 10.9 Å². The summed E-state index contributed by atoms with van der Waals surface area (Å²) in [5, 5.41) is 14.3. The molecule has 0 fully saturated rings. The zero-order valence-corrected chi connectivity index (χ0v) is 11.8. The van der Waals surface area contributed by atoms with Crippen molar-refractivity contribution in [1.29, 1.82) is 0 Å². The number of halogens is 1. The van der Waals surface area contributed by atoms with Gasteiger partial charge in [0.2, 0.25) is 0 Å². The van der Waals surface area contributed by atoms with Crippen molar-refractivity contribution >= 4 is 33.4 Å². The van der Waals surface area contributed by atoms with E-state index in [0.717, 1.165) is 0 Å². The minimum atomic E-state index is -0.246. The lowest BCUT2D eigenvalue weighted by Crippen LogP contribution is -2.15. The van der Waals surface area contributed by atoms with E-state index in [2.05, 4.69) is 31.4 Å². The van der Waals surface area contributed by atoms with Gasteiger partial charge < -0.3 is 16.3 Å². The van der Waals surface area contributed by atoms with Crippen molar-refractivity contribution in [3.8, 4) is 0 Å². The molecule has 1 heterocycles. The Bertz CT molecular complexity index is 659. The number of amidine groups is 1. The van der Waals surface area contributed by atoms with Crippen LogP contribution >= 0.6 is 15.9 Å². The van der Waals surface area contributed by atoms with E-state index in [0.29, 0.717) is 21.3 Å². The highest BCUT2D eigenvalue weighted by molar-refractivity contribution is 9.10. The number of nitrogens with one attached hydrogen (secondary N) is 1. The normalized spacial score (nSPS) is 11.2. The largest absolute Gasteiger partial charge is 0.409 e. The summed E-state index contributed by atoms with van der Waals surface area (Å²) in [6.45, 7) is 0. The number of benzene rings is 1. The highest BCUT2D eigenvalue weighted by Crippen LogP contribution is 2.24. The summed E-state index contributed by atoms with van der Waals surface area (Å²) >= 11 is 3.33. The Morgan fingerprint density at radius 2 is 1.95 bits per heavy atom. The van der Waals surface area contributed by atoms with Gasteiger partial charge in [-0.2, -0.15) is 0 Å². The molecule has 20 heavy (non-hydrogen) atoms. The summed E-state index contributed by atoms with van der Waals surface area (Å²) in [4.78, 5) is 15.8. The van der Waals surface area contributed by atoms with E-state index in [-0.39, 0.29) is 11.7 Å². The molecule has 0 spiro atoms. The minimum absolute atomic E-state index is 0.00212. The Balaban J connectivity index is 2.21. The number of anilines is 1. The first-order valence-corrected chi connectivity index (χ1v) is 6.40. The number of nitrogens with two attached hydrogens (primary N) is 1. The molecular formula is C13H11BrN4O2. The van der Waals surface area contributed by atoms with Crippen molar-refractivity contribution in [2.45, 2.75) is 0 Å². The molecule has 1 aromatic heterocycles. The second-order valence-corrected chi connectivity index (χ2v) is 4.72. The van der Waals surface area contributed by atoms with E-state index in [4.69, 9.17) is 10.9 Å². The molecule has 4 N–H and O–H groups in total. The molecule has 0 aliphatic carbocycles. The van der Waals surface area contributed by atoms with E-state index in [1.165, 1.54) is 0 Å². The molecule has 0 radical (unpaired) electrons. The van der Waals surface area contributed by atoms with Gasteiger partial charge in [-0.05, 0) is 46.3 Å². The quantitative estimate of drug-likeness (QED) is 0.346. The van der Waals surface area contributed by atoms with Crippen LogP contribution in [0.5, 0.6) is 0 Å². The molecular weight excluding hydrogens is 324 g/mol. The molecule has 7 heteroatoms. The van der Waals surface area contributed by atoms with Crippen LogP contribution < -0.4 is 11.1 Å². The van der Waals surface area contributed by atoms with E-state index in [9.17, 15) is 4.79 Å². The number of rotatable bonds is 3. The molecule has 102 valence electrons. The Morgan fingerprint density at radius 1 is 1.25 bits per heavy atom. The number of carbonyl (C=O) groups excluding carboxylic acids is 1. The minimum Gasteiger partial charge on any atom is -0.409 e. The van der Waals surface area contributed by atoms with Crippen LogP contribution in [0.25, 0.3) is 0 Å². The zero-order valence-electron chi connectivity index (χ0n) is 10.2. The van der Waals surface area contributed by atoms with E-state index in [1.807, 2.05) is 0 Å². The lowest BCUT2D eigenvalue weighted by Gasteiger charge is -2.08. The zero-order chi connectivity index (χ0) is 14.5. The summed E-state index contributed by atoms with van der Waals surface area (Å²) in [7, 11) is 0. The summed E-state index contributed by atoms with van der Waals surface area (Å²) in [6.07, 6.45) is 3.09. The molecule has 0 aliphatic heterocycles. The maximum absolute atomic E-state index is 12.0. The second-order valence-electron chi connectivity index (χ2n) is 3.87. The number of oxime groups is 1. The number of hydrogen-bond donors (Lipinski definition) is 3. The van der Waals surface area contributed by atoms with Crippen molar-refractivity contribution in [2.75, 3.05) is 5.32 Å². The first kappa shape index (κ1) is 14.0. The van der Waals surface area contributed by atoms with E-state index in [1.54, 1.807) is 42.7 Å². The van der Waals surface area contributed by atoms with Crippen LogP contribution in [0.4, 0.5) is 5.69 Å². The summed E-state index contributed by atoms with van der Waals surface area (Å²) in [5.74, 6) is -0.248. The fourth-order valence-electron chi connectivity index (χ4n) is 1.53. The first-order valence-electron chi connectivity index (χ1n) is 5.60. The number of carbonyl (C=O) groups is 1. The summed E-state index contributed by atoms with van der Waals surface area (Å²) < 4.78 is 0.629. The second kappa shape index (κ2) is 6.16. The van der Waals surface area contributed by atoms with Gasteiger partial charge in [0.05, 0.1) is 5.69 Å². The van der Waals surface area contributed by atoms with Crippen molar-refractivity contribution in [3.05, 3.63) is 58.3 Å². The van der Waals surface area contributed by atoms with Crippen LogP contribution in [0.3, 0.4) is 0 Å². The fourth-order valence-corrected chi connectivity index (χ4v) is 2.01. The van der Waals surface area contributed by atoms with Crippen molar-refractivity contribution in [3.63, 3.8) is 0 Å². The van der Waals surface area contributed by atoms with Gasteiger partial charge in [0.25, 0.3) is 5.91 Å². The molecule has 2 rings (SSSR count). The number of amides is 1. The summed E-state index contributed by atoms with van der Waals surface area (Å²) in [6, 6.07) is 8.19. The first-order chi connectivity index (χ1) is 9.61. The standard InChI is InChI=1S/C13H11BrN4O2/c14-10-7-9(12(15)18-20)1-2-11(10)17-13(19)8-3-5-16-6-4-8/h1-7,20H,(H2,15,18)(H,17,19). The molecule has 2 aromatic rings. The Morgan fingerprint density at radius 3 is 2.55 bits per heavy atom. The smallest absolute Gasteiger partial charge is 0.255 e. The molecule has 0 atom stereocenters. The van der Waals surface area contributed by atoms with E-state index >= 15 is 0 Å². The van der Waals surface area contributed by atoms with Crippen LogP contribution in [0.2, 0.25) is 0 Å². The van der Waals surface area contributed by atoms with E-state index < -0.39 is 0 Å².